The smallest absolute Gasteiger partial charge is 0.169 e. The lowest BCUT2D eigenvalue weighted by Crippen LogP contribution is -2.13. The molecule has 1 heterocycles. The fourth-order valence-electron chi connectivity index (χ4n) is 2.28. The fourth-order valence-corrected chi connectivity index (χ4v) is 2.28. The maximum Gasteiger partial charge on any atom is 0.169 e. The molecule has 120 valence electrons. The third-order valence-electron chi connectivity index (χ3n) is 3.42. The third kappa shape index (κ3) is 4.20. The number of nitrogens with zero attached hydrogens (tertiary/aromatic N) is 1. The van der Waals surface area contributed by atoms with Gasteiger partial charge in [0.2, 0.25) is 0 Å². The number of rotatable bonds is 5. The molecule has 0 aliphatic rings. The van der Waals surface area contributed by atoms with Crippen molar-refractivity contribution < 1.29 is 9.72 Å². The van der Waals surface area contributed by atoms with Crippen LogP contribution in [0.15, 0.2) is 84.1 Å². The number of aromatic nitrogens is 1. The topological polar surface area (TPSA) is 47.8 Å². The predicted octanol–water partition coefficient (Wildman–Crippen LogP) is 4.09. The highest BCUT2D eigenvalue weighted by atomic mass is 16.5. The van der Waals surface area contributed by atoms with Crippen molar-refractivity contribution in [3.63, 3.8) is 0 Å². The summed E-state index contributed by atoms with van der Waals surface area (Å²) < 4.78 is 5.48. The van der Waals surface area contributed by atoms with Crippen LogP contribution in [0.4, 0.5) is 11.4 Å². The summed E-state index contributed by atoms with van der Waals surface area (Å²) in [6, 6.07) is 21.8. The van der Waals surface area contributed by atoms with E-state index in [1.165, 1.54) is 0 Å². The molecule has 0 aliphatic heterocycles. The van der Waals surface area contributed by atoms with E-state index in [9.17, 15) is 0 Å². The van der Waals surface area contributed by atoms with Crippen molar-refractivity contribution in [3.05, 3.63) is 84.7 Å². The highest BCUT2D eigenvalue weighted by Gasteiger charge is 2.05. The number of anilines is 1. The van der Waals surface area contributed by atoms with E-state index in [0.29, 0.717) is 6.61 Å². The number of ether oxygens (including phenoxy) is 1. The van der Waals surface area contributed by atoms with E-state index in [1.807, 2.05) is 86.0 Å². The van der Waals surface area contributed by atoms with Crippen molar-refractivity contribution >= 4 is 17.2 Å². The minimum Gasteiger partial charge on any atom is -0.494 e. The maximum absolute atomic E-state index is 5.48. The summed E-state index contributed by atoms with van der Waals surface area (Å²) >= 11 is 0. The number of hydrogen-bond acceptors (Lipinski definition) is 2. The second-order valence-electron chi connectivity index (χ2n) is 5.17. The number of amidine groups is 1. The Labute approximate surface area is 141 Å². The van der Waals surface area contributed by atoms with Gasteiger partial charge in [0.25, 0.3) is 0 Å². The van der Waals surface area contributed by atoms with Crippen LogP contribution in [0.3, 0.4) is 0 Å². The van der Waals surface area contributed by atoms with E-state index >= 15 is 0 Å². The van der Waals surface area contributed by atoms with Crippen LogP contribution in [0.1, 0.15) is 12.5 Å². The van der Waals surface area contributed by atoms with Gasteiger partial charge in [-0.3, -0.25) is 0 Å². The Kier molecular flexibility index (Phi) is 5.20. The van der Waals surface area contributed by atoms with Crippen molar-refractivity contribution in [2.45, 2.75) is 6.92 Å². The highest BCUT2D eigenvalue weighted by molar-refractivity contribution is 6.09. The predicted molar refractivity (Wildman–Crippen MR) is 96.9 cm³/mol. The fraction of sp³-hybridized carbons (Fsp3) is 0.100. The Balaban J connectivity index is 1.89. The van der Waals surface area contributed by atoms with E-state index < -0.39 is 0 Å². The van der Waals surface area contributed by atoms with Crippen LogP contribution in [-0.2, 0) is 0 Å². The molecule has 0 bridgehead atoms. The molecule has 2 N–H and O–H groups in total. The van der Waals surface area contributed by atoms with Crippen LogP contribution < -0.4 is 15.0 Å². The van der Waals surface area contributed by atoms with Crippen molar-refractivity contribution in [3.8, 4) is 5.75 Å². The number of hydrogen-bond donors (Lipinski definition) is 1. The number of nitrogens with one attached hydrogen (secondary N) is 2. The molecule has 4 heteroatoms. The average molecular weight is 318 g/mol. The van der Waals surface area contributed by atoms with Crippen LogP contribution in [0.5, 0.6) is 5.75 Å². The molecule has 0 spiro atoms. The SMILES string of the molecule is CCOc1ccc(NC(=Nc2cc[nH+]cc2)c2ccccc2)cc1. The zero-order valence-electron chi connectivity index (χ0n) is 13.6. The van der Waals surface area contributed by atoms with Gasteiger partial charge in [-0.15, -0.1) is 0 Å². The molecule has 0 radical (unpaired) electrons. The van der Waals surface area contributed by atoms with E-state index in [1.54, 1.807) is 0 Å². The van der Waals surface area contributed by atoms with E-state index in [2.05, 4.69) is 10.3 Å². The Bertz CT molecular complexity index is 784. The van der Waals surface area contributed by atoms with Gasteiger partial charge in [-0.1, -0.05) is 30.3 Å². The Hall–Kier alpha value is -3.14. The van der Waals surface area contributed by atoms with Gasteiger partial charge >= 0.3 is 0 Å². The zero-order valence-corrected chi connectivity index (χ0v) is 13.6. The molecule has 4 nitrogen and oxygen atoms in total. The Morgan fingerprint density at radius 3 is 2.33 bits per heavy atom. The number of aromatic amines is 1. The van der Waals surface area contributed by atoms with Crippen LogP contribution in [0, 0.1) is 0 Å². The molecule has 2 aromatic carbocycles. The van der Waals surface area contributed by atoms with Crippen LogP contribution in [-0.4, -0.2) is 12.4 Å². The van der Waals surface area contributed by atoms with Gasteiger partial charge < -0.3 is 10.1 Å². The molecule has 0 aliphatic carbocycles. The number of H-pyrrole nitrogens is 1. The second-order valence-corrected chi connectivity index (χ2v) is 5.17. The molecule has 1 aromatic heterocycles. The molecule has 0 unspecified atom stereocenters. The standard InChI is InChI=1S/C20H19N3O/c1-2-24-19-10-8-17(9-11-19)22-20(16-6-4-3-5-7-16)23-18-12-14-21-15-13-18/h3-15H,2H2,1H3,(H,21,22,23)/p+1. The number of pyridine rings is 1. The molecule has 0 saturated carbocycles. The first kappa shape index (κ1) is 15.7. The minimum absolute atomic E-state index is 0.661. The van der Waals surface area contributed by atoms with Crippen LogP contribution in [0.2, 0.25) is 0 Å². The first-order valence-electron chi connectivity index (χ1n) is 7.95. The third-order valence-corrected chi connectivity index (χ3v) is 3.42. The normalized spacial score (nSPS) is 11.1. The summed E-state index contributed by atoms with van der Waals surface area (Å²) in [5.74, 6) is 1.66. The Morgan fingerprint density at radius 2 is 1.67 bits per heavy atom. The van der Waals surface area contributed by atoms with Crippen molar-refractivity contribution in [1.82, 2.24) is 0 Å². The summed E-state index contributed by atoms with van der Waals surface area (Å²) in [4.78, 5) is 7.75. The molecule has 0 saturated heterocycles. The average Bonchev–Trinajstić information content (AvgIpc) is 2.65. The van der Waals surface area contributed by atoms with Gasteiger partial charge in [0, 0.05) is 23.4 Å². The van der Waals surface area contributed by atoms with E-state index in [0.717, 1.165) is 28.5 Å². The lowest BCUT2D eigenvalue weighted by Gasteiger charge is -2.11. The lowest BCUT2D eigenvalue weighted by atomic mass is 10.2. The second kappa shape index (κ2) is 7.92. The van der Waals surface area contributed by atoms with Crippen molar-refractivity contribution in [2.24, 2.45) is 4.99 Å². The summed E-state index contributed by atoms with van der Waals surface area (Å²) in [5, 5.41) is 3.40. The molecular formula is C20H20N3O+. The molecule has 24 heavy (non-hydrogen) atoms. The number of aliphatic imine (C=N–C) groups is 1. The van der Waals surface area contributed by atoms with Gasteiger partial charge in [0.05, 0.1) is 12.3 Å². The first-order chi connectivity index (χ1) is 11.8. The molecular weight excluding hydrogens is 298 g/mol. The maximum atomic E-state index is 5.48. The quantitative estimate of drug-likeness (QED) is 0.569. The van der Waals surface area contributed by atoms with Gasteiger partial charge in [0.15, 0.2) is 12.4 Å². The molecule has 0 atom stereocenters. The van der Waals surface area contributed by atoms with Crippen LogP contribution >= 0.6 is 0 Å². The van der Waals surface area contributed by atoms with Crippen molar-refractivity contribution in [2.75, 3.05) is 11.9 Å². The zero-order chi connectivity index (χ0) is 16.6. The van der Waals surface area contributed by atoms with Gasteiger partial charge in [-0.05, 0) is 31.2 Å². The van der Waals surface area contributed by atoms with Gasteiger partial charge in [0.1, 0.15) is 11.6 Å². The monoisotopic (exact) mass is 318 g/mol. The highest BCUT2D eigenvalue weighted by Crippen LogP contribution is 2.18. The Morgan fingerprint density at radius 1 is 0.958 bits per heavy atom. The first-order valence-corrected chi connectivity index (χ1v) is 7.95. The summed E-state index contributed by atoms with van der Waals surface area (Å²) in [6.45, 7) is 2.64. The van der Waals surface area contributed by atoms with E-state index in [4.69, 9.17) is 9.73 Å². The molecule has 0 fully saturated rings. The summed E-state index contributed by atoms with van der Waals surface area (Å²) in [7, 11) is 0. The molecule has 3 rings (SSSR count). The summed E-state index contributed by atoms with van der Waals surface area (Å²) in [5.41, 5.74) is 2.87. The summed E-state index contributed by atoms with van der Waals surface area (Å²) in [6.07, 6.45) is 3.72. The molecule has 3 aromatic rings. The minimum atomic E-state index is 0.661. The lowest BCUT2D eigenvalue weighted by molar-refractivity contribution is -0.377. The number of benzene rings is 2. The molecule has 0 amide bonds. The van der Waals surface area contributed by atoms with Gasteiger partial charge in [-0.25, -0.2) is 9.98 Å². The van der Waals surface area contributed by atoms with Crippen LogP contribution in [0.25, 0.3) is 0 Å². The van der Waals surface area contributed by atoms with Gasteiger partial charge in [-0.2, -0.15) is 0 Å². The van der Waals surface area contributed by atoms with E-state index in [-0.39, 0.29) is 0 Å². The largest absolute Gasteiger partial charge is 0.494 e. The van der Waals surface area contributed by atoms with Crippen molar-refractivity contribution in [1.29, 1.82) is 0 Å².